The molecular weight excluding hydrogens is 262 g/mol. The van der Waals surface area contributed by atoms with Crippen molar-refractivity contribution in [1.82, 2.24) is 9.55 Å². The van der Waals surface area contributed by atoms with Crippen LogP contribution in [0.3, 0.4) is 0 Å². The third-order valence-corrected chi connectivity index (χ3v) is 3.41. The monoisotopic (exact) mass is 277 g/mol. The van der Waals surface area contributed by atoms with Gasteiger partial charge in [-0.05, 0) is 36.4 Å². The van der Waals surface area contributed by atoms with Gasteiger partial charge in [0.25, 0.3) is 0 Å². The van der Waals surface area contributed by atoms with Crippen molar-refractivity contribution in [2.75, 3.05) is 24.7 Å². The van der Waals surface area contributed by atoms with E-state index in [2.05, 4.69) is 11.1 Å². The lowest BCUT2D eigenvalue weighted by Gasteiger charge is -2.14. The molecule has 5 heteroatoms. The Labute approximate surface area is 122 Å². The van der Waals surface area contributed by atoms with Gasteiger partial charge in [0, 0.05) is 19.8 Å². The van der Waals surface area contributed by atoms with Crippen LogP contribution in [-0.2, 0) is 0 Å². The van der Waals surface area contributed by atoms with E-state index in [9.17, 15) is 0 Å². The van der Waals surface area contributed by atoms with Gasteiger partial charge < -0.3 is 10.6 Å². The zero-order valence-corrected chi connectivity index (χ0v) is 11.9. The first kappa shape index (κ1) is 13.0. The Hall–Kier alpha value is -3.00. The summed E-state index contributed by atoms with van der Waals surface area (Å²) < 4.78 is 1.86. The highest BCUT2D eigenvalue weighted by Gasteiger charge is 2.11. The summed E-state index contributed by atoms with van der Waals surface area (Å²) in [7, 11) is 3.98. The number of hydrogen-bond donors (Lipinski definition) is 1. The molecule has 2 aromatic carbocycles. The van der Waals surface area contributed by atoms with Crippen molar-refractivity contribution in [2.45, 2.75) is 0 Å². The summed E-state index contributed by atoms with van der Waals surface area (Å²) in [6, 6.07) is 15.5. The topological polar surface area (TPSA) is 70.9 Å². The number of nitrogens with two attached hydrogens (primary N) is 1. The molecule has 0 spiro atoms. The van der Waals surface area contributed by atoms with Gasteiger partial charge in [0.15, 0.2) is 0 Å². The smallest absolute Gasteiger partial charge is 0.205 e. The molecule has 2 N–H and O–H groups in total. The quantitative estimate of drug-likeness (QED) is 0.781. The summed E-state index contributed by atoms with van der Waals surface area (Å²) in [5, 5.41) is 9.06. The van der Waals surface area contributed by atoms with Crippen molar-refractivity contribution < 1.29 is 0 Å². The number of nitrogens with zero attached hydrogens (tertiary/aromatic N) is 4. The highest BCUT2D eigenvalue weighted by atomic mass is 15.2. The molecule has 0 aliphatic carbocycles. The first-order valence-corrected chi connectivity index (χ1v) is 6.56. The Balaban J connectivity index is 2.26. The lowest BCUT2D eigenvalue weighted by molar-refractivity contribution is 1.09. The molecule has 0 unspecified atom stereocenters. The van der Waals surface area contributed by atoms with Crippen molar-refractivity contribution in [3.05, 3.63) is 48.0 Å². The second kappa shape index (κ2) is 4.84. The fourth-order valence-electron chi connectivity index (χ4n) is 2.35. The van der Waals surface area contributed by atoms with Gasteiger partial charge in [-0.15, -0.1) is 0 Å². The number of nitrogen functional groups attached to an aromatic ring is 1. The summed E-state index contributed by atoms with van der Waals surface area (Å²) in [6.07, 6.45) is 0. The number of fused-ring (bicyclic) bond motifs is 1. The Morgan fingerprint density at radius 2 is 2.00 bits per heavy atom. The molecular formula is C16H15N5. The maximum absolute atomic E-state index is 9.06. The number of rotatable bonds is 2. The van der Waals surface area contributed by atoms with E-state index in [0.717, 1.165) is 22.4 Å². The van der Waals surface area contributed by atoms with Crippen LogP contribution >= 0.6 is 0 Å². The summed E-state index contributed by atoms with van der Waals surface area (Å²) in [5.74, 6) is 0.413. The van der Waals surface area contributed by atoms with Gasteiger partial charge in [0.2, 0.25) is 5.95 Å². The van der Waals surface area contributed by atoms with E-state index in [1.807, 2.05) is 53.9 Å². The lowest BCUT2D eigenvalue weighted by Crippen LogP contribution is -2.09. The summed E-state index contributed by atoms with van der Waals surface area (Å²) >= 11 is 0. The van der Waals surface area contributed by atoms with Crippen molar-refractivity contribution in [3.8, 4) is 11.8 Å². The standard InChI is InChI=1S/C16H15N5/c1-20(2)12-4-3-5-13(9-12)21-15-8-11(10-17)6-7-14(15)19-16(21)18/h3-9H,1-2H3,(H2,18,19). The van der Waals surface area contributed by atoms with E-state index < -0.39 is 0 Å². The minimum Gasteiger partial charge on any atom is -0.378 e. The maximum atomic E-state index is 9.06. The first-order chi connectivity index (χ1) is 10.1. The maximum Gasteiger partial charge on any atom is 0.205 e. The zero-order valence-electron chi connectivity index (χ0n) is 11.9. The van der Waals surface area contributed by atoms with Crippen LogP contribution < -0.4 is 10.6 Å². The average Bonchev–Trinajstić information content (AvgIpc) is 2.82. The van der Waals surface area contributed by atoms with Crippen LogP contribution in [0.2, 0.25) is 0 Å². The van der Waals surface area contributed by atoms with E-state index in [1.54, 1.807) is 12.1 Å². The Kier molecular flexibility index (Phi) is 2.99. The van der Waals surface area contributed by atoms with Gasteiger partial charge in [-0.3, -0.25) is 4.57 Å². The minimum absolute atomic E-state index is 0.413. The SMILES string of the molecule is CN(C)c1cccc(-n2c(N)nc3ccc(C#N)cc32)c1. The lowest BCUT2D eigenvalue weighted by atomic mass is 10.2. The highest BCUT2D eigenvalue weighted by molar-refractivity contribution is 5.82. The van der Waals surface area contributed by atoms with Gasteiger partial charge in [0.1, 0.15) is 0 Å². The highest BCUT2D eigenvalue weighted by Crippen LogP contribution is 2.26. The van der Waals surface area contributed by atoms with Gasteiger partial charge in [-0.2, -0.15) is 5.26 Å². The van der Waals surface area contributed by atoms with E-state index >= 15 is 0 Å². The number of benzene rings is 2. The van der Waals surface area contributed by atoms with Gasteiger partial charge in [-0.25, -0.2) is 4.98 Å². The number of hydrogen-bond acceptors (Lipinski definition) is 4. The molecule has 0 fully saturated rings. The minimum atomic E-state index is 0.413. The van der Waals surface area contributed by atoms with Gasteiger partial charge in [-0.1, -0.05) is 6.07 Å². The van der Waals surface area contributed by atoms with E-state index in [4.69, 9.17) is 11.0 Å². The van der Waals surface area contributed by atoms with Crippen LogP contribution in [-0.4, -0.2) is 23.6 Å². The average molecular weight is 277 g/mol. The van der Waals surface area contributed by atoms with Crippen LogP contribution in [0.15, 0.2) is 42.5 Å². The number of aromatic nitrogens is 2. The van der Waals surface area contributed by atoms with Crippen LogP contribution in [0.5, 0.6) is 0 Å². The molecule has 0 amide bonds. The molecule has 0 aliphatic heterocycles. The molecule has 21 heavy (non-hydrogen) atoms. The molecule has 3 rings (SSSR count). The number of anilines is 2. The molecule has 3 aromatic rings. The largest absolute Gasteiger partial charge is 0.378 e. The third-order valence-electron chi connectivity index (χ3n) is 3.41. The second-order valence-corrected chi connectivity index (χ2v) is 5.03. The van der Waals surface area contributed by atoms with Crippen LogP contribution in [0, 0.1) is 11.3 Å². The molecule has 1 aromatic heterocycles. The molecule has 0 atom stereocenters. The van der Waals surface area contributed by atoms with E-state index in [-0.39, 0.29) is 0 Å². The zero-order chi connectivity index (χ0) is 15.0. The Morgan fingerprint density at radius 3 is 2.71 bits per heavy atom. The van der Waals surface area contributed by atoms with Crippen LogP contribution in [0.4, 0.5) is 11.6 Å². The van der Waals surface area contributed by atoms with Crippen molar-refractivity contribution in [3.63, 3.8) is 0 Å². The summed E-state index contributed by atoms with van der Waals surface area (Å²) in [6.45, 7) is 0. The predicted octanol–water partition coefficient (Wildman–Crippen LogP) is 2.55. The fraction of sp³-hybridized carbons (Fsp3) is 0.125. The molecule has 0 aliphatic rings. The summed E-state index contributed by atoms with van der Waals surface area (Å²) in [5.41, 5.74) is 10.3. The van der Waals surface area contributed by atoms with Crippen LogP contribution in [0.1, 0.15) is 5.56 Å². The first-order valence-electron chi connectivity index (χ1n) is 6.56. The Bertz CT molecular complexity index is 855. The Morgan fingerprint density at radius 1 is 1.19 bits per heavy atom. The van der Waals surface area contributed by atoms with Crippen molar-refractivity contribution >= 4 is 22.7 Å². The second-order valence-electron chi connectivity index (χ2n) is 5.03. The number of nitriles is 1. The number of imidazole rings is 1. The molecule has 0 saturated heterocycles. The third kappa shape index (κ3) is 2.17. The van der Waals surface area contributed by atoms with Crippen molar-refractivity contribution in [1.29, 1.82) is 5.26 Å². The fourth-order valence-corrected chi connectivity index (χ4v) is 2.35. The van der Waals surface area contributed by atoms with Gasteiger partial charge in [0.05, 0.1) is 28.4 Å². The normalized spacial score (nSPS) is 10.5. The molecule has 0 bridgehead atoms. The summed E-state index contributed by atoms with van der Waals surface area (Å²) in [4.78, 5) is 6.38. The molecule has 5 nitrogen and oxygen atoms in total. The van der Waals surface area contributed by atoms with Gasteiger partial charge >= 0.3 is 0 Å². The molecule has 0 radical (unpaired) electrons. The van der Waals surface area contributed by atoms with E-state index in [0.29, 0.717) is 11.5 Å². The van der Waals surface area contributed by atoms with Crippen LogP contribution in [0.25, 0.3) is 16.7 Å². The molecule has 1 heterocycles. The predicted molar refractivity (Wildman–Crippen MR) is 84.5 cm³/mol. The van der Waals surface area contributed by atoms with Crippen molar-refractivity contribution in [2.24, 2.45) is 0 Å². The van der Waals surface area contributed by atoms with E-state index in [1.165, 1.54) is 0 Å². The molecule has 104 valence electrons. The molecule has 0 saturated carbocycles.